The minimum absolute atomic E-state index is 0.0145. The SMILES string of the molecule is CC(C)Oc1cc(C#CC2CC2)cnc1/C(N)=C/NCc1ncccn1. The van der Waals surface area contributed by atoms with Crippen LogP contribution in [0.1, 0.15) is 43.8 Å². The molecule has 3 N–H and O–H groups in total. The summed E-state index contributed by atoms with van der Waals surface area (Å²) in [5, 5.41) is 3.11. The average Bonchev–Trinajstić information content (AvgIpc) is 3.45. The van der Waals surface area contributed by atoms with Gasteiger partial charge in [-0.1, -0.05) is 11.8 Å². The molecule has 6 nitrogen and oxygen atoms in total. The van der Waals surface area contributed by atoms with Crippen LogP contribution in [0.4, 0.5) is 0 Å². The molecule has 2 aromatic heterocycles. The molecule has 0 unspecified atom stereocenters. The Balaban J connectivity index is 1.75. The Hall–Kier alpha value is -3.07. The fourth-order valence-electron chi connectivity index (χ4n) is 2.23. The summed E-state index contributed by atoms with van der Waals surface area (Å²) in [5.74, 6) is 8.27. The van der Waals surface area contributed by atoms with Crippen molar-refractivity contribution in [2.75, 3.05) is 0 Å². The lowest BCUT2D eigenvalue weighted by Crippen LogP contribution is -2.14. The van der Waals surface area contributed by atoms with E-state index in [4.69, 9.17) is 10.5 Å². The normalized spacial score (nSPS) is 13.9. The highest BCUT2D eigenvalue weighted by molar-refractivity contribution is 5.65. The second kappa shape index (κ2) is 8.34. The van der Waals surface area contributed by atoms with Gasteiger partial charge >= 0.3 is 0 Å². The summed E-state index contributed by atoms with van der Waals surface area (Å²) in [4.78, 5) is 12.8. The number of hydrogen-bond donors (Lipinski definition) is 2. The van der Waals surface area contributed by atoms with E-state index in [9.17, 15) is 0 Å². The van der Waals surface area contributed by atoms with Crippen LogP contribution in [0.5, 0.6) is 5.75 Å². The summed E-state index contributed by atoms with van der Waals surface area (Å²) < 4.78 is 5.89. The van der Waals surface area contributed by atoms with E-state index in [0.29, 0.717) is 35.4 Å². The topological polar surface area (TPSA) is 86.0 Å². The van der Waals surface area contributed by atoms with Gasteiger partial charge in [0.2, 0.25) is 0 Å². The van der Waals surface area contributed by atoms with Crippen molar-refractivity contribution in [1.82, 2.24) is 20.3 Å². The van der Waals surface area contributed by atoms with Gasteiger partial charge in [-0.25, -0.2) is 15.0 Å². The van der Waals surface area contributed by atoms with Crippen LogP contribution >= 0.6 is 0 Å². The van der Waals surface area contributed by atoms with Crippen LogP contribution in [0.15, 0.2) is 36.9 Å². The number of hydrogen-bond acceptors (Lipinski definition) is 6. The summed E-state index contributed by atoms with van der Waals surface area (Å²) >= 11 is 0. The van der Waals surface area contributed by atoms with Gasteiger partial charge in [-0.05, 0) is 38.8 Å². The summed E-state index contributed by atoms with van der Waals surface area (Å²) in [6.45, 7) is 4.42. The maximum atomic E-state index is 6.20. The van der Waals surface area contributed by atoms with Gasteiger partial charge in [0.25, 0.3) is 0 Å². The van der Waals surface area contributed by atoms with E-state index in [1.807, 2.05) is 19.9 Å². The van der Waals surface area contributed by atoms with Gasteiger partial charge in [0.1, 0.15) is 17.3 Å². The summed E-state index contributed by atoms with van der Waals surface area (Å²) in [7, 11) is 0. The molecule has 0 spiro atoms. The molecule has 1 aliphatic carbocycles. The van der Waals surface area contributed by atoms with Crippen molar-refractivity contribution in [3.63, 3.8) is 0 Å². The Kier molecular flexibility index (Phi) is 5.69. The number of nitrogens with two attached hydrogens (primary N) is 1. The Morgan fingerprint density at radius 3 is 2.81 bits per heavy atom. The van der Waals surface area contributed by atoms with Crippen molar-refractivity contribution in [2.24, 2.45) is 11.7 Å². The minimum Gasteiger partial charge on any atom is -0.489 e. The van der Waals surface area contributed by atoms with Crippen molar-refractivity contribution in [1.29, 1.82) is 0 Å². The first-order valence-electron chi connectivity index (χ1n) is 8.75. The first-order chi connectivity index (χ1) is 12.6. The van der Waals surface area contributed by atoms with E-state index in [1.54, 1.807) is 30.9 Å². The average molecular weight is 349 g/mol. The molecule has 0 saturated heterocycles. The highest BCUT2D eigenvalue weighted by atomic mass is 16.5. The first-order valence-corrected chi connectivity index (χ1v) is 8.75. The van der Waals surface area contributed by atoms with Crippen LogP contribution in [0.3, 0.4) is 0 Å². The Morgan fingerprint density at radius 1 is 1.35 bits per heavy atom. The maximum absolute atomic E-state index is 6.20. The van der Waals surface area contributed by atoms with Crippen LogP contribution in [0, 0.1) is 17.8 Å². The van der Waals surface area contributed by atoms with E-state index in [1.165, 1.54) is 12.8 Å². The zero-order valence-electron chi connectivity index (χ0n) is 15.1. The second-order valence-corrected chi connectivity index (χ2v) is 6.43. The lowest BCUT2D eigenvalue weighted by Gasteiger charge is -2.14. The molecule has 1 aliphatic rings. The molecule has 1 fully saturated rings. The van der Waals surface area contributed by atoms with E-state index < -0.39 is 0 Å². The highest BCUT2D eigenvalue weighted by Crippen LogP contribution is 2.28. The van der Waals surface area contributed by atoms with Gasteiger partial charge in [0, 0.05) is 36.3 Å². The lowest BCUT2D eigenvalue weighted by atomic mass is 10.2. The lowest BCUT2D eigenvalue weighted by molar-refractivity contribution is 0.240. The zero-order valence-corrected chi connectivity index (χ0v) is 15.1. The minimum atomic E-state index is 0.0145. The molecule has 1 saturated carbocycles. The molecular weight excluding hydrogens is 326 g/mol. The van der Waals surface area contributed by atoms with Crippen LogP contribution in [-0.2, 0) is 6.54 Å². The Labute approximate surface area is 153 Å². The third kappa shape index (κ3) is 5.21. The molecule has 134 valence electrons. The van der Waals surface area contributed by atoms with Crippen molar-refractivity contribution in [3.05, 3.63) is 54.0 Å². The molecule has 0 atom stereocenters. The van der Waals surface area contributed by atoms with Crippen molar-refractivity contribution in [3.8, 4) is 17.6 Å². The molecule has 2 heterocycles. The fourth-order valence-corrected chi connectivity index (χ4v) is 2.23. The summed E-state index contributed by atoms with van der Waals surface area (Å²) in [6, 6.07) is 3.68. The van der Waals surface area contributed by atoms with E-state index in [-0.39, 0.29) is 6.10 Å². The number of rotatable bonds is 6. The number of nitrogens with zero attached hydrogens (tertiary/aromatic N) is 3. The first kappa shape index (κ1) is 17.7. The van der Waals surface area contributed by atoms with E-state index in [2.05, 4.69) is 32.1 Å². The van der Waals surface area contributed by atoms with Crippen molar-refractivity contribution >= 4 is 5.70 Å². The van der Waals surface area contributed by atoms with Crippen molar-refractivity contribution in [2.45, 2.75) is 39.3 Å². The predicted molar refractivity (Wildman–Crippen MR) is 101 cm³/mol. The monoisotopic (exact) mass is 349 g/mol. The standard InChI is InChI=1S/C20H23N5O/c1-14(2)26-18-10-16(7-6-15-4-5-15)11-25-20(18)17(21)12-22-13-19-23-8-3-9-24-19/h3,8-12,14-15,22H,4-5,13,21H2,1-2H3/b17-12-. The van der Waals surface area contributed by atoms with Crippen molar-refractivity contribution < 1.29 is 4.74 Å². The molecule has 0 radical (unpaired) electrons. The quantitative estimate of drug-likeness (QED) is 0.779. The molecule has 3 rings (SSSR count). The Bertz CT molecular complexity index is 832. The highest BCUT2D eigenvalue weighted by Gasteiger charge is 2.18. The molecule has 26 heavy (non-hydrogen) atoms. The van der Waals surface area contributed by atoms with Crippen LogP contribution in [-0.4, -0.2) is 21.1 Å². The fraction of sp³-hybridized carbons (Fsp3) is 0.350. The number of pyridine rings is 1. The molecule has 0 aromatic carbocycles. The molecule has 0 bridgehead atoms. The predicted octanol–water partition coefficient (Wildman–Crippen LogP) is 2.47. The summed E-state index contributed by atoms with van der Waals surface area (Å²) in [6.07, 6.45) is 9.24. The third-order valence-electron chi connectivity index (χ3n) is 3.62. The maximum Gasteiger partial charge on any atom is 0.148 e. The van der Waals surface area contributed by atoms with E-state index in [0.717, 1.165) is 5.56 Å². The zero-order chi connectivity index (χ0) is 18.4. The van der Waals surface area contributed by atoms with Crippen LogP contribution < -0.4 is 15.8 Å². The molecular formula is C20H23N5O. The number of nitrogens with one attached hydrogen (secondary N) is 1. The van der Waals surface area contributed by atoms with Crippen LogP contribution in [0.25, 0.3) is 5.70 Å². The van der Waals surface area contributed by atoms with Gasteiger partial charge in [-0.3, -0.25) is 0 Å². The van der Waals surface area contributed by atoms with Gasteiger partial charge in [0.15, 0.2) is 0 Å². The van der Waals surface area contributed by atoms with Gasteiger partial charge in [0.05, 0.1) is 18.3 Å². The van der Waals surface area contributed by atoms with E-state index >= 15 is 0 Å². The third-order valence-corrected chi connectivity index (χ3v) is 3.62. The van der Waals surface area contributed by atoms with Gasteiger partial charge in [-0.2, -0.15) is 0 Å². The largest absolute Gasteiger partial charge is 0.489 e. The molecule has 0 aliphatic heterocycles. The summed E-state index contributed by atoms with van der Waals surface area (Å²) in [5.41, 5.74) is 8.12. The Morgan fingerprint density at radius 2 is 2.12 bits per heavy atom. The van der Waals surface area contributed by atoms with Crippen LogP contribution in [0.2, 0.25) is 0 Å². The molecule has 2 aromatic rings. The molecule has 0 amide bonds. The number of ether oxygens (including phenoxy) is 1. The smallest absolute Gasteiger partial charge is 0.148 e. The van der Waals surface area contributed by atoms with Gasteiger partial charge < -0.3 is 15.8 Å². The van der Waals surface area contributed by atoms with Gasteiger partial charge in [-0.15, -0.1) is 0 Å². The number of aromatic nitrogens is 3. The second-order valence-electron chi connectivity index (χ2n) is 6.43. The molecule has 6 heteroatoms.